The number of amides is 2. The first-order valence-corrected chi connectivity index (χ1v) is 11.0. The number of hydrogen-bond acceptors (Lipinski definition) is 4. The molecule has 0 bridgehead atoms. The van der Waals surface area contributed by atoms with Gasteiger partial charge < -0.3 is 20.5 Å². The second kappa shape index (κ2) is 9.42. The molecular weight excluding hydrogens is 408 g/mol. The van der Waals surface area contributed by atoms with Gasteiger partial charge in [0.15, 0.2) is 0 Å². The predicted octanol–water partition coefficient (Wildman–Crippen LogP) is 3.68. The molecule has 0 saturated heterocycles. The summed E-state index contributed by atoms with van der Waals surface area (Å²) in [6.45, 7) is 0.739. The van der Waals surface area contributed by atoms with Crippen LogP contribution in [0.3, 0.4) is 0 Å². The molecular formula is C25H28N2O5. The van der Waals surface area contributed by atoms with Crippen LogP contribution < -0.4 is 10.6 Å². The average molecular weight is 437 g/mol. The van der Waals surface area contributed by atoms with Crippen LogP contribution in [0.25, 0.3) is 11.1 Å². The molecule has 2 aliphatic rings. The van der Waals surface area contributed by atoms with Crippen molar-refractivity contribution in [1.82, 2.24) is 10.6 Å². The molecule has 0 atom stereocenters. The molecule has 1 saturated carbocycles. The third kappa shape index (κ3) is 4.77. The number of aliphatic carboxylic acids is 1. The summed E-state index contributed by atoms with van der Waals surface area (Å²) in [6, 6.07) is 16.4. The van der Waals surface area contributed by atoms with Crippen molar-refractivity contribution < 1.29 is 24.2 Å². The molecule has 7 nitrogen and oxygen atoms in total. The summed E-state index contributed by atoms with van der Waals surface area (Å²) in [4.78, 5) is 35.2. The lowest BCUT2D eigenvalue weighted by atomic mass is 9.66. The highest BCUT2D eigenvalue weighted by Gasteiger charge is 2.39. The molecule has 0 spiro atoms. The largest absolute Gasteiger partial charge is 0.481 e. The van der Waals surface area contributed by atoms with Gasteiger partial charge >= 0.3 is 12.1 Å². The summed E-state index contributed by atoms with van der Waals surface area (Å²) in [5.74, 6) is -1.12. The monoisotopic (exact) mass is 436 g/mol. The number of fused-ring (bicyclic) bond motifs is 3. The molecule has 1 fully saturated rings. The van der Waals surface area contributed by atoms with Crippen molar-refractivity contribution in [3.63, 3.8) is 0 Å². The minimum Gasteiger partial charge on any atom is -0.481 e. The number of carbonyl (C=O) groups excluding carboxylic acids is 2. The zero-order valence-corrected chi connectivity index (χ0v) is 17.9. The number of carbonyl (C=O) groups is 3. The van der Waals surface area contributed by atoms with E-state index in [1.165, 1.54) is 11.1 Å². The number of nitrogens with one attached hydrogen (secondary N) is 2. The Kier molecular flexibility index (Phi) is 6.44. The normalized spacial score (nSPS) is 15.8. The van der Waals surface area contributed by atoms with Crippen molar-refractivity contribution in [2.75, 3.05) is 19.7 Å². The van der Waals surface area contributed by atoms with Gasteiger partial charge in [-0.2, -0.15) is 0 Å². The third-order valence-corrected chi connectivity index (χ3v) is 6.56. The van der Waals surface area contributed by atoms with Gasteiger partial charge in [-0.15, -0.1) is 0 Å². The highest BCUT2D eigenvalue weighted by atomic mass is 16.5. The first kappa shape index (κ1) is 21.9. The van der Waals surface area contributed by atoms with Crippen molar-refractivity contribution in [1.29, 1.82) is 0 Å². The molecule has 2 aromatic rings. The minimum atomic E-state index is -0.944. The molecule has 0 unspecified atom stereocenters. The molecule has 0 aliphatic heterocycles. The third-order valence-electron chi connectivity index (χ3n) is 6.56. The van der Waals surface area contributed by atoms with Crippen LogP contribution >= 0.6 is 0 Å². The van der Waals surface area contributed by atoms with Crippen molar-refractivity contribution >= 4 is 18.0 Å². The lowest BCUT2D eigenvalue weighted by Gasteiger charge is -2.41. The van der Waals surface area contributed by atoms with Gasteiger partial charge in [-0.05, 0) is 40.5 Å². The highest BCUT2D eigenvalue weighted by molar-refractivity contribution is 5.79. The van der Waals surface area contributed by atoms with Crippen LogP contribution in [0.1, 0.15) is 49.1 Å². The number of ether oxygens (including phenoxy) is 1. The van der Waals surface area contributed by atoms with Crippen LogP contribution in [0, 0.1) is 5.41 Å². The number of rotatable bonds is 9. The first-order valence-electron chi connectivity index (χ1n) is 11.0. The predicted molar refractivity (Wildman–Crippen MR) is 119 cm³/mol. The van der Waals surface area contributed by atoms with Crippen LogP contribution in [0.5, 0.6) is 0 Å². The molecule has 0 heterocycles. The quantitative estimate of drug-likeness (QED) is 0.556. The van der Waals surface area contributed by atoms with E-state index in [0.29, 0.717) is 6.54 Å². The maximum Gasteiger partial charge on any atom is 0.407 e. The SMILES string of the molecule is O=C(O)CCNC(=O)CC1(CNC(=O)OCC2c3ccccc3-c3ccccc32)CCC1. The summed E-state index contributed by atoms with van der Waals surface area (Å²) < 4.78 is 5.58. The molecule has 2 amide bonds. The van der Waals surface area contributed by atoms with Crippen LogP contribution in [0.15, 0.2) is 48.5 Å². The van der Waals surface area contributed by atoms with Crippen LogP contribution in [0.2, 0.25) is 0 Å². The van der Waals surface area contributed by atoms with Gasteiger partial charge in [0.2, 0.25) is 5.91 Å². The summed E-state index contributed by atoms with van der Waals surface area (Å²) in [5.41, 5.74) is 4.41. The molecule has 3 N–H and O–H groups in total. The Labute approximate surface area is 187 Å². The second-order valence-electron chi connectivity index (χ2n) is 8.70. The lowest BCUT2D eigenvalue weighted by molar-refractivity contribution is -0.137. The van der Waals surface area contributed by atoms with Crippen LogP contribution in [0.4, 0.5) is 4.79 Å². The van der Waals surface area contributed by atoms with Crippen LogP contribution in [-0.2, 0) is 14.3 Å². The summed E-state index contributed by atoms with van der Waals surface area (Å²) >= 11 is 0. The van der Waals surface area contributed by atoms with Crippen molar-refractivity contribution in [3.8, 4) is 11.1 Å². The number of alkyl carbamates (subject to hydrolysis) is 1. The summed E-state index contributed by atoms with van der Waals surface area (Å²) in [7, 11) is 0. The summed E-state index contributed by atoms with van der Waals surface area (Å²) in [5, 5.41) is 14.2. The van der Waals surface area contributed by atoms with E-state index in [0.717, 1.165) is 30.4 Å². The Bertz CT molecular complexity index is 969. The van der Waals surface area contributed by atoms with E-state index in [4.69, 9.17) is 9.84 Å². The van der Waals surface area contributed by atoms with Gasteiger partial charge in [0, 0.05) is 25.4 Å². The molecule has 7 heteroatoms. The fourth-order valence-electron chi connectivity index (χ4n) is 4.71. The maximum atomic E-state index is 12.4. The number of carboxylic acid groups (broad SMARTS) is 1. The Morgan fingerprint density at radius 3 is 2.16 bits per heavy atom. The molecule has 0 radical (unpaired) electrons. The standard InChI is InChI=1S/C25H28N2O5/c28-22(26-13-10-23(29)30)14-25(11-5-12-25)16-27-24(31)32-15-21-19-8-3-1-6-17(19)18-7-2-4-9-20(18)21/h1-4,6-9,21H,5,10-16H2,(H,26,28)(H,27,31)(H,29,30). The fraction of sp³-hybridized carbons (Fsp3) is 0.400. The zero-order chi connectivity index (χ0) is 22.6. The highest BCUT2D eigenvalue weighted by Crippen LogP contribution is 2.45. The van der Waals surface area contributed by atoms with E-state index in [2.05, 4.69) is 34.9 Å². The fourth-order valence-corrected chi connectivity index (χ4v) is 4.71. The molecule has 168 valence electrons. The number of hydrogen-bond donors (Lipinski definition) is 3. The first-order chi connectivity index (χ1) is 15.5. The van der Waals surface area contributed by atoms with Gasteiger partial charge in [-0.25, -0.2) is 4.79 Å². The van der Waals surface area contributed by atoms with Gasteiger partial charge in [-0.1, -0.05) is 55.0 Å². The van der Waals surface area contributed by atoms with E-state index in [1.807, 2.05) is 24.3 Å². The van der Waals surface area contributed by atoms with Crippen molar-refractivity contribution in [2.45, 2.75) is 38.0 Å². The molecule has 32 heavy (non-hydrogen) atoms. The number of benzene rings is 2. The minimum absolute atomic E-state index is 0.00539. The van der Waals surface area contributed by atoms with Gasteiger partial charge in [-0.3, -0.25) is 9.59 Å². The van der Waals surface area contributed by atoms with E-state index in [9.17, 15) is 14.4 Å². The maximum absolute atomic E-state index is 12.4. The number of carboxylic acids is 1. The Hall–Kier alpha value is -3.35. The molecule has 4 rings (SSSR count). The molecule has 2 aliphatic carbocycles. The second-order valence-corrected chi connectivity index (χ2v) is 8.70. The van der Waals surface area contributed by atoms with Gasteiger partial charge in [0.1, 0.15) is 6.61 Å². The zero-order valence-electron chi connectivity index (χ0n) is 17.9. The smallest absolute Gasteiger partial charge is 0.407 e. The van der Waals surface area contributed by atoms with E-state index in [-0.39, 0.29) is 43.2 Å². The topological polar surface area (TPSA) is 105 Å². The van der Waals surface area contributed by atoms with Crippen LogP contribution in [-0.4, -0.2) is 42.8 Å². The summed E-state index contributed by atoms with van der Waals surface area (Å²) in [6.07, 6.45) is 2.40. The Morgan fingerprint density at radius 2 is 1.59 bits per heavy atom. The van der Waals surface area contributed by atoms with E-state index < -0.39 is 12.1 Å². The van der Waals surface area contributed by atoms with Gasteiger partial charge in [0.25, 0.3) is 0 Å². The van der Waals surface area contributed by atoms with Gasteiger partial charge in [0.05, 0.1) is 6.42 Å². The average Bonchev–Trinajstić information content (AvgIpc) is 3.07. The molecule has 0 aromatic heterocycles. The Balaban J connectivity index is 1.29. The lowest BCUT2D eigenvalue weighted by Crippen LogP contribution is -2.45. The van der Waals surface area contributed by atoms with Crippen molar-refractivity contribution in [3.05, 3.63) is 59.7 Å². The van der Waals surface area contributed by atoms with E-state index in [1.54, 1.807) is 0 Å². The molecule has 2 aromatic carbocycles. The Morgan fingerprint density at radius 1 is 0.969 bits per heavy atom. The van der Waals surface area contributed by atoms with Crippen molar-refractivity contribution in [2.24, 2.45) is 5.41 Å². The van der Waals surface area contributed by atoms with E-state index >= 15 is 0 Å².